The first kappa shape index (κ1) is 15.0. The average molecular weight is 325 g/mol. The molecule has 1 fully saturated rings. The Kier molecular flexibility index (Phi) is 3.86. The molecule has 4 rings (SSSR count). The quantitative estimate of drug-likeness (QED) is 0.809. The average Bonchev–Trinajstić information content (AvgIpc) is 3.26. The minimum atomic E-state index is -0.352. The Bertz CT molecular complexity index is 738. The van der Waals surface area contributed by atoms with Crippen molar-refractivity contribution in [3.63, 3.8) is 0 Å². The van der Waals surface area contributed by atoms with Gasteiger partial charge in [0.05, 0.1) is 24.9 Å². The fourth-order valence-corrected chi connectivity index (χ4v) is 3.50. The minimum Gasteiger partial charge on any atom is -0.469 e. The number of methoxy groups -OCH3 is 1. The zero-order valence-corrected chi connectivity index (χ0v) is 13.4. The normalized spacial score (nSPS) is 25.5. The molecule has 0 aliphatic carbocycles. The summed E-state index contributed by atoms with van der Waals surface area (Å²) >= 11 is 0. The predicted octanol–water partition coefficient (Wildman–Crippen LogP) is 3.05. The molecule has 1 aromatic carbocycles. The summed E-state index contributed by atoms with van der Waals surface area (Å²) in [7, 11) is 1.40. The molecule has 1 saturated heterocycles. The Morgan fingerprint density at radius 1 is 1.25 bits per heavy atom. The van der Waals surface area contributed by atoms with Crippen LogP contribution < -0.4 is 0 Å². The molecule has 0 unspecified atom stereocenters. The van der Waals surface area contributed by atoms with Crippen molar-refractivity contribution < 1.29 is 18.7 Å². The lowest BCUT2D eigenvalue weighted by Gasteiger charge is -2.32. The fraction of sp³-hybridized carbons (Fsp3) is 0.316. The molecule has 0 radical (unpaired) electrons. The molecule has 5 heteroatoms. The second-order valence-electron chi connectivity index (χ2n) is 6.10. The van der Waals surface area contributed by atoms with Gasteiger partial charge in [0.1, 0.15) is 18.1 Å². The van der Waals surface area contributed by atoms with Gasteiger partial charge in [0, 0.05) is 19.2 Å². The largest absolute Gasteiger partial charge is 0.469 e. The van der Waals surface area contributed by atoms with Gasteiger partial charge in [-0.1, -0.05) is 30.3 Å². The van der Waals surface area contributed by atoms with E-state index in [1.165, 1.54) is 12.7 Å². The highest BCUT2D eigenvalue weighted by atomic mass is 16.5. The lowest BCUT2D eigenvalue weighted by Crippen LogP contribution is -2.37. The molecule has 124 valence electrons. The highest BCUT2D eigenvalue weighted by molar-refractivity contribution is 5.90. The van der Waals surface area contributed by atoms with Crippen molar-refractivity contribution in [1.82, 2.24) is 4.90 Å². The number of carbonyl (C=O) groups is 1. The Balaban J connectivity index is 1.65. The second kappa shape index (κ2) is 6.17. The molecule has 2 aromatic rings. The SMILES string of the molecule is COC(=O)C1=CN(Cc2ccccc2)[C@H]2C[C@H](c3ccco3)[C@@H]1O2. The number of esters is 1. The maximum atomic E-state index is 12.2. The molecular formula is C19H19NO4. The summed E-state index contributed by atoms with van der Waals surface area (Å²) in [4.78, 5) is 14.3. The third kappa shape index (κ3) is 2.61. The predicted molar refractivity (Wildman–Crippen MR) is 86.8 cm³/mol. The van der Waals surface area contributed by atoms with Gasteiger partial charge in [-0.25, -0.2) is 4.79 Å². The summed E-state index contributed by atoms with van der Waals surface area (Å²) in [6.45, 7) is 0.684. The zero-order chi connectivity index (χ0) is 16.5. The summed E-state index contributed by atoms with van der Waals surface area (Å²) < 4.78 is 16.7. The van der Waals surface area contributed by atoms with Crippen molar-refractivity contribution in [3.8, 4) is 0 Å². The Morgan fingerprint density at radius 3 is 2.79 bits per heavy atom. The monoisotopic (exact) mass is 325 g/mol. The highest BCUT2D eigenvalue weighted by Crippen LogP contribution is 2.43. The number of ether oxygens (including phenoxy) is 2. The Morgan fingerprint density at radius 2 is 2.08 bits per heavy atom. The molecule has 0 N–H and O–H groups in total. The zero-order valence-electron chi connectivity index (χ0n) is 13.4. The molecule has 3 heterocycles. The summed E-state index contributed by atoms with van der Waals surface area (Å²) in [5, 5.41) is 0. The van der Waals surface area contributed by atoms with Gasteiger partial charge < -0.3 is 18.8 Å². The number of nitrogens with zero attached hydrogens (tertiary/aromatic N) is 1. The first-order chi connectivity index (χ1) is 11.8. The first-order valence-electron chi connectivity index (χ1n) is 8.05. The molecular weight excluding hydrogens is 306 g/mol. The molecule has 24 heavy (non-hydrogen) atoms. The lowest BCUT2D eigenvalue weighted by molar-refractivity contribution is -0.139. The summed E-state index contributed by atoms with van der Waals surface area (Å²) in [5.74, 6) is 0.518. The maximum Gasteiger partial charge on any atom is 0.337 e. The molecule has 0 saturated carbocycles. The van der Waals surface area contributed by atoms with Crippen LogP contribution in [-0.2, 0) is 20.8 Å². The Labute approximate surface area is 140 Å². The molecule has 3 atom stereocenters. The summed E-state index contributed by atoms with van der Waals surface area (Å²) in [5.41, 5.74) is 1.71. The lowest BCUT2D eigenvalue weighted by atomic mass is 9.94. The second-order valence-corrected chi connectivity index (χ2v) is 6.10. The smallest absolute Gasteiger partial charge is 0.337 e. The van der Waals surface area contributed by atoms with Crippen LogP contribution in [0.15, 0.2) is 64.9 Å². The number of fused-ring (bicyclic) bond motifs is 2. The fourth-order valence-electron chi connectivity index (χ4n) is 3.50. The van der Waals surface area contributed by atoms with Crippen molar-refractivity contribution in [3.05, 3.63) is 71.8 Å². The standard InChI is InChI=1S/C19H19NO4/c1-22-19(21)15-12-20(11-13-6-3-2-4-7-13)17-10-14(18(15)24-17)16-8-5-9-23-16/h2-9,12,14,17-18H,10-11H2,1H3/t14-,17-,18+/m1/s1. The summed E-state index contributed by atoms with van der Waals surface area (Å²) in [6, 6.07) is 13.9. The van der Waals surface area contributed by atoms with Crippen LogP contribution in [0.1, 0.15) is 23.7 Å². The number of benzene rings is 1. The molecule has 0 spiro atoms. The third-order valence-electron chi connectivity index (χ3n) is 4.64. The number of furan rings is 1. The van der Waals surface area contributed by atoms with Crippen molar-refractivity contribution in [2.24, 2.45) is 0 Å². The number of carbonyl (C=O) groups excluding carboxylic acids is 1. The molecule has 2 bridgehead atoms. The van der Waals surface area contributed by atoms with Crippen LogP contribution in [0.25, 0.3) is 0 Å². The van der Waals surface area contributed by atoms with Crippen LogP contribution in [0.4, 0.5) is 0 Å². The van der Waals surface area contributed by atoms with E-state index in [9.17, 15) is 4.79 Å². The van der Waals surface area contributed by atoms with Crippen LogP contribution in [0.3, 0.4) is 0 Å². The highest BCUT2D eigenvalue weighted by Gasteiger charge is 2.47. The van der Waals surface area contributed by atoms with E-state index >= 15 is 0 Å². The Hall–Kier alpha value is -2.53. The number of hydrogen-bond donors (Lipinski definition) is 0. The van der Waals surface area contributed by atoms with Gasteiger partial charge in [0.15, 0.2) is 0 Å². The van der Waals surface area contributed by atoms with Crippen LogP contribution in [-0.4, -0.2) is 30.3 Å². The van der Waals surface area contributed by atoms with E-state index in [1.807, 2.05) is 36.5 Å². The van der Waals surface area contributed by atoms with Crippen LogP contribution in [0, 0.1) is 0 Å². The van der Waals surface area contributed by atoms with Crippen LogP contribution >= 0.6 is 0 Å². The van der Waals surface area contributed by atoms with Crippen LogP contribution in [0.5, 0.6) is 0 Å². The summed E-state index contributed by atoms with van der Waals surface area (Å²) in [6.07, 6.45) is 3.93. The topological polar surface area (TPSA) is 51.9 Å². The molecule has 1 aromatic heterocycles. The van der Waals surface area contributed by atoms with Crippen molar-refractivity contribution in [2.45, 2.75) is 31.2 Å². The van der Waals surface area contributed by atoms with E-state index in [0.29, 0.717) is 12.1 Å². The number of hydrogen-bond acceptors (Lipinski definition) is 5. The van der Waals surface area contributed by atoms with Crippen molar-refractivity contribution in [1.29, 1.82) is 0 Å². The van der Waals surface area contributed by atoms with E-state index in [-0.39, 0.29) is 24.2 Å². The van der Waals surface area contributed by atoms with Gasteiger partial charge in [-0.3, -0.25) is 0 Å². The van der Waals surface area contributed by atoms with E-state index < -0.39 is 0 Å². The van der Waals surface area contributed by atoms with E-state index in [1.54, 1.807) is 6.26 Å². The van der Waals surface area contributed by atoms with Gasteiger partial charge >= 0.3 is 5.97 Å². The maximum absolute atomic E-state index is 12.2. The molecule has 2 aliphatic rings. The van der Waals surface area contributed by atoms with Crippen molar-refractivity contribution in [2.75, 3.05) is 7.11 Å². The number of rotatable bonds is 4. The van der Waals surface area contributed by atoms with E-state index in [4.69, 9.17) is 13.9 Å². The van der Waals surface area contributed by atoms with E-state index in [2.05, 4.69) is 17.0 Å². The van der Waals surface area contributed by atoms with Gasteiger partial charge in [-0.15, -0.1) is 0 Å². The van der Waals surface area contributed by atoms with Gasteiger partial charge in [0.25, 0.3) is 0 Å². The first-order valence-corrected chi connectivity index (χ1v) is 8.05. The van der Waals surface area contributed by atoms with Gasteiger partial charge in [0.2, 0.25) is 0 Å². The van der Waals surface area contributed by atoms with Crippen LogP contribution in [0.2, 0.25) is 0 Å². The molecule has 5 nitrogen and oxygen atoms in total. The minimum absolute atomic E-state index is 0.0242. The van der Waals surface area contributed by atoms with Crippen molar-refractivity contribution >= 4 is 5.97 Å². The molecule has 0 amide bonds. The van der Waals surface area contributed by atoms with E-state index in [0.717, 1.165) is 12.2 Å². The van der Waals surface area contributed by atoms with Gasteiger partial charge in [-0.05, 0) is 17.7 Å². The molecule has 2 aliphatic heterocycles. The third-order valence-corrected chi connectivity index (χ3v) is 4.64. The van der Waals surface area contributed by atoms with Gasteiger partial charge in [-0.2, -0.15) is 0 Å².